The second kappa shape index (κ2) is 7.85. The Bertz CT molecular complexity index is 1520. The molecule has 0 aliphatic heterocycles. The van der Waals surface area contributed by atoms with E-state index < -0.39 is 5.41 Å². The van der Waals surface area contributed by atoms with Crippen molar-refractivity contribution in [2.24, 2.45) is 0 Å². The zero-order chi connectivity index (χ0) is 23.2. The van der Waals surface area contributed by atoms with Gasteiger partial charge < -0.3 is 4.42 Å². The van der Waals surface area contributed by atoms with Crippen LogP contribution in [0.3, 0.4) is 0 Å². The first-order valence-electron chi connectivity index (χ1n) is 12.2. The smallest absolute Gasteiger partial charge is 0.140 e. The average molecular weight is 449 g/mol. The Labute approximate surface area is 205 Å². The summed E-state index contributed by atoms with van der Waals surface area (Å²) in [7, 11) is 0. The quantitative estimate of drug-likeness (QED) is 0.263. The third kappa shape index (κ3) is 2.82. The summed E-state index contributed by atoms with van der Waals surface area (Å²) in [6, 6.07) is 41.1. The Morgan fingerprint density at radius 1 is 0.543 bits per heavy atom. The molecule has 1 aromatic heterocycles. The third-order valence-electron chi connectivity index (χ3n) is 7.43. The summed E-state index contributed by atoms with van der Waals surface area (Å²) in [5, 5.41) is 0. The van der Waals surface area contributed by atoms with E-state index in [1.165, 1.54) is 33.4 Å². The Kier molecular flexibility index (Phi) is 4.50. The second-order valence-corrected chi connectivity index (χ2v) is 9.24. The molecule has 166 valence electrons. The highest BCUT2D eigenvalue weighted by atomic mass is 16.3. The van der Waals surface area contributed by atoms with Gasteiger partial charge >= 0.3 is 0 Å². The predicted molar refractivity (Wildman–Crippen MR) is 142 cm³/mol. The van der Waals surface area contributed by atoms with E-state index in [2.05, 4.69) is 140 Å². The fraction of sp³-hybridized carbons (Fsp3) is 0.0588. The number of hydrogen-bond acceptors (Lipinski definition) is 1. The largest absolute Gasteiger partial charge is 0.455 e. The van der Waals surface area contributed by atoms with E-state index in [1.54, 1.807) is 0 Å². The van der Waals surface area contributed by atoms with Gasteiger partial charge in [-0.1, -0.05) is 140 Å². The van der Waals surface area contributed by atoms with E-state index in [1.807, 2.05) is 0 Å². The molecule has 35 heavy (non-hydrogen) atoms. The van der Waals surface area contributed by atoms with Crippen LogP contribution in [-0.2, 0) is 5.41 Å². The standard InChI is InChI=1S/C34H24O/c1-4-16-25(17-5-1)32-30(24-14-10-11-15-24)31-33(35-32)28-22-12-13-23-29(28)34(31,26-18-6-2-7-19-26)27-20-8-3-9-21-27/h1-24H. The summed E-state index contributed by atoms with van der Waals surface area (Å²) in [5.74, 6) is 2.09. The van der Waals surface area contributed by atoms with Crippen molar-refractivity contribution in [3.05, 3.63) is 167 Å². The van der Waals surface area contributed by atoms with E-state index >= 15 is 0 Å². The maximum atomic E-state index is 6.91. The predicted octanol–water partition coefficient (Wildman–Crippen LogP) is 8.52. The Balaban J connectivity index is 1.67. The monoisotopic (exact) mass is 448 g/mol. The maximum absolute atomic E-state index is 6.91. The van der Waals surface area contributed by atoms with Crippen molar-refractivity contribution in [2.75, 3.05) is 0 Å². The topological polar surface area (TPSA) is 13.1 Å². The highest BCUT2D eigenvalue weighted by Crippen LogP contribution is 2.61. The SMILES string of the molecule is C1=CC(c2c(-c3ccccc3)oc3c2C(c2ccccc2)(c2ccccc2)c2ccccc2-3)C=C1. The van der Waals surface area contributed by atoms with Crippen LogP contribution in [0.2, 0.25) is 0 Å². The first kappa shape index (κ1) is 20.1. The van der Waals surface area contributed by atoms with Gasteiger partial charge in [0.1, 0.15) is 11.5 Å². The average Bonchev–Trinajstić information content (AvgIpc) is 3.65. The summed E-state index contributed by atoms with van der Waals surface area (Å²) < 4.78 is 6.91. The molecular weight excluding hydrogens is 424 g/mol. The molecule has 0 spiro atoms. The molecular formula is C34H24O. The number of hydrogen-bond donors (Lipinski definition) is 0. The van der Waals surface area contributed by atoms with Gasteiger partial charge in [0.25, 0.3) is 0 Å². The molecule has 7 rings (SSSR count). The molecule has 0 fully saturated rings. The van der Waals surface area contributed by atoms with Crippen LogP contribution in [-0.4, -0.2) is 0 Å². The summed E-state index contributed by atoms with van der Waals surface area (Å²) in [6.07, 6.45) is 8.85. The normalized spacial score (nSPS) is 15.3. The Hall–Kier alpha value is -4.36. The molecule has 2 aliphatic carbocycles. The van der Waals surface area contributed by atoms with Gasteiger partial charge in [-0.2, -0.15) is 0 Å². The molecule has 0 radical (unpaired) electrons. The molecule has 2 aliphatic rings. The summed E-state index contributed by atoms with van der Waals surface area (Å²) in [5.41, 5.74) is 8.11. The van der Waals surface area contributed by atoms with Crippen LogP contribution in [0.4, 0.5) is 0 Å². The van der Waals surface area contributed by atoms with Gasteiger partial charge in [-0.25, -0.2) is 0 Å². The lowest BCUT2D eigenvalue weighted by atomic mass is 9.66. The van der Waals surface area contributed by atoms with Crippen molar-refractivity contribution in [3.63, 3.8) is 0 Å². The van der Waals surface area contributed by atoms with Crippen LogP contribution in [0, 0.1) is 0 Å². The molecule has 0 saturated heterocycles. The van der Waals surface area contributed by atoms with E-state index in [0.717, 1.165) is 17.1 Å². The van der Waals surface area contributed by atoms with Gasteiger partial charge in [0, 0.05) is 28.2 Å². The minimum Gasteiger partial charge on any atom is -0.455 e. The molecule has 0 atom stereocenters. The van der Waals surface area contributed by atoms with Crippen molar-refractivity contribution in [3.8, 4) is 22.6 Å². The molecule has 1 heterocycles. The first-order chi connectivity index (χ1) is 17.4. The molecule has 0 unspecified atom stereocenters. The minimum absolute atomic E-state index is 0.152. The van der Waals surface area contributed by atoms with Gasteiger partial charge in [-0.3, -0.25) is 0 Å². The molecule has 0 N–H and O–H groups in total. The molecule has 0 amide bonds. The minimum atomic E-state index is -0.468. The lowest BCUT2D eigenvalue weighted by molar-refractivity contribution is 0.593. The van der Waals surface area contributed by atoms with E-state index in [4.69, 9.17) is 4.42 Å². The van der Waals surface area contributed by atoms with Crippen LogP contribution in [0.15, 0.2) is 144 Å². The van der Waals surface area contributed by atoms with Crippen molar-refractivity contribution in [2.45, 2.75) is 11.3 Å². The van der Waals surface area contributed by atoms with Crippen molar-refractivity contribution in [1.29, 1.82) is 0 Å². The van der Waals surface area contributed by atoms with E-state index in [-0.39, 0.29) is 5.92 Å². The fourth-order valence-electron chi connectivity index (χ4n) is 6.04. The Morgan fingerprint density at radius 3 is 1.71 bits per heavy atom. The summed E-state index contributed by atoms with van der Waals surface area (Å²) in [4.78, 5) is 0. The maximum Gasteiger partial charge on any atom is 0.140 e. The van der Waals surface area contributed by atoms with E-state index in [0.29, 0.717) is 0 Å². The Morgan fingerprint density at radius 2 is 1.09 bits per heavy atom. The third-order valence-corrected chi connectivity index (χ3v) is 7.43. The molecule has 5 aromatic rings. The van der Waals surface area contributed by atoms with Crippen LogP contribution in [0.25, 0.3) is 22.6 Å². The first-order valence-corrected chi connectivity index (χ1v) is 12.2. The molecule has 1 heteroatoms. The van der Waals surface area contributed by atoms with Gasteiger partial charge in [0.15, 0.2) is 0 Å². The summed E-state index contributed by atoms with van der Waals surface area (Å²) >= 11 is 0. The number of fused-ring (bicyclic) bond motifs is 3. The van der Waals surface area contributed by atoms with Crippen molar-refractivity contribution in [1.82, 2.24) is 0 Å². The molecule has 0 bridgehead atoms. The second-order valence-electron chi connectivity index (χ2n) is 9.24. The van der Waals surface area contributed by atoms with Crippen molar-refractivity contribution >= 4 is 0 Å². The van der Waals surface area contributed by atoms with Crippen molar-refractivity contribution < 1.29 is 4.42 Å². The fourth-order valence-corrected chi connectivity index (χ4v) is 6.04. The lowest BCUT2D eigenvalue weighted by Crippen LogP contribution is -2.29. The van der Waals surface area contributed by atoms with Gasteiger partial charge in [0.05, 0.1) is 5.41 Å². The van der Waals surface area contributed by atoms with Gasteiger partial charge in [0.2, 0.25) is 0 Å². The van der Waals surface area contributed by atoms with Crippen LogP contribution in [0.1, 0.15) is 33.7 Å². The zero-order valence-electron chi connectivity index (χ0n) is 19.3. The molecule has 4 aromatic carbocycles. The highest BCUT2D eigenvalue weighted by Gasteiger charge is 2.51. The number of rotatable bonds is 4. The zero-order valence-corrected chi connectivity index (χ0v) is 19.3. The molecule has 1 nitrogen and oxygen atoms in total. The lowest BCUT2D eigenvalue weighted by Gasteiger charge is -2.34. The van der Waals surface area contributed by atoms with Gasteiger partial charge in [-0.15, -0.1) is 0 Å². The summed E-state index contributed by atoms with van der Waals surface area (Å²) in [6.45, 7) is 0. The molecule has 0 saturated carbocycles. The number of benzene rings is 4. The van der Waals surface area contributed by atoms with Crippen LogP contribution in [0.5, 0.6) is 0 Å². The number of allylic oxidation sites excluding steroid dienone is 4. The van der Waals surface area contributed by atoms with Crippen LogP contribution >= 0.6 is 0 Å². The van der Waals surface area contributed by atoms with Gasteiger partial charge in [-0.05, 0) is 16.7 Å². The highest BCUT2D eigenvalue weighted by molar-refractivity contribution is 5.88. The van der Waals surface area contributed by atoms with Crippen LogP contribution < -0.4 is 0 Å². The number of furan rings is 1. The van der Waals surface area contributed by atoms with E-state index in [9.17, 15) is 0 Å².